The molecule has 0 radical (unpaired) electrons. The third kappa shape index (κ3) is 6.52. The molecule has 1 heterocycles. The highest BCUT2D eigenvalue weighted by Gasteiger charge is 2.29. The normalized spacial score (nSPS) is 14.4. The fraction of sp³-hybridized carbons (Fsp3) is 0.375. The monoisotopic (exact) mass is 518 g/mol. The molecule has 0 bridgehead atoms. The van der Waals surface area contributed by atoms with E-state index in [9.17, 15) is 27.9 Å². The number of imide groups is 1. The number of carbonyl (C=O) groups is 3. The van der Waals surface area contributed by atoms with Crippen molar-refractivity contribution in [2.24, 2.45) is 0 Å². The molecule has 0 unspecified atom stereocenters. The molecule has 3 rings (SSSR count). The van der Waals surface area contributed by atoms with Gasteiger partial charge >= 0.3 is 6.03 Å². The second-order valence-corrected chi connectivity index (χ2v) is 11.2. The van der Waals surface area contributed by atoms with Crippen LogP contribution in [0.1, 0.15) is 43.1 Å². The zero-order chi connectivity index (χ0) is 26.7. The molecule has 4 N–H and O–H groups in total. The number of phenols is 1. The SMILES string of the molecule is COCCS(=O)(=O)Nc1ccc(NC(=O)c2cc(N3CCC(=O)NC3=O)cc(C(C)(C)C)c2O)cc1. The molecule has 2 aromatic carbocycles. The summed E-state index contributed by atoms with van der Waals surface area (Å²) in [6.45, 7) is 5.78. The van der Waals surface area contributed by atoms with Gasteiger partial charge in [0.2, 0.25) is 15.9 Å². The second-order valence-electron chi connectivity index (χ2n) is 9.34. The van der Waals surface area contributed by atoms with E-state index in [1.165, 1.54) is 42.3 Å². The van der Waals surface area contributed by atoms with Gasteiger partial charge in [0.05, 0.1) is 17.9 Å². The van der Waals surface area contributed by atoms with Crippen molar-refractivity contribution < 1.29 is 32.6 Å². The second kappa shape index (κ2) is 10.5. The van der Waals surface area contributed by atoms with Crippen molar-refractivity contribution in [2.75, 3.05) is 41.0 Å². The van der Waals surface area contributed by atoms with E-state index >= 15 is 0 Å². The molecule has 0 aliphatic carbocycles. The minimum absolute atomic E-state index is 0.0496. The number of sulfonamides is 1. The maximum Gasteiger partial charge on any atom is 0.328 e. The molecule has 0 atom stereocenters. The quantitative estimate of drug-likeness (QED) is 0.419. The van der Waals surface area contributed by atoms with Crippen molar-refractivity contribution in [3.63, 3.8) is 0 Å². The Morgan fingerprint density at radius 2 is 1.78 bits per heavy atom. The summed E-state index contributed by atoms with van der Waals surface area (Å²) >= 11 is 0. The largest absolute Gasteiger partial charge is 0.507 e. The molecular formula is C24H30N4O7S. The smallest absolute Gasteiger partial charge is 0.328 e. The Labute approximate surface area is 209 Å². The summed E-state index contributed by atoms with van der Waals surface area (Å²) in [6, 6.07) is 8.44. The number of nitrogens with zero attached hydrogens (tertiary/aromatic N) is 1. The first-order valence-corrected chi connectivity index (χ1v) is 12.9. The van der Waals surface area contributed by atoms with Gasteiger partial charge in [0.15, 0.2) is 0 Å². The molecule has 1 saturated heterocycles. The number of nitrogens with one attached hydrogen (secondary N) is 3. The number of ether oxygens (including phenoxy) is 1. The summed E-state index contributed by atoms with van der Waals surface area (Å²) in [7, 11) is -2.17. The van der Waals surface area contributed by atoms with Crippen molar-refractivity contribution in [3.05, 3.63) is 47.5 Å². The fourth-order valence-electron chi connectivity index (χ4n) is 3.57. The molecule has 4 amide bonds. The van der Waals surface area contributed by atoms with Crippen LogP contribution in [0, 0.1) is 0 Å². The van der Waals surface area contributed by atoms with E-state index < -0.39 is 27.4 Å². The number of phenolic OH excluding ortho intramolecular Hbond substituents is 1. The van der Waals surface area contributed by atoms with Gasteiger partial charge in [-0.3, -0.25) is 24.5 Å². The van der Waals surface area contributed by atoms with Gasteiger partial charge in [0, 0.05) is 42.7 Å². The highest BCUT2D eigenvalue weighted by atomic mass is 32.2. The van der Waals surface area contributed by atoms with E-state index in [0.717, 1.165) is 0 Å². The number of anilines is 3. The minimum Gasteiger partial charge on any atom is -0.507 e. The Bertz CT molecular complexity index is 1270. The first kappa shape index (κ1) is 27.0. The lowest BCUT2D eigenvalue weighted by molar-refractivity contribution is -0.120. The van der Waals surface area contributed by atoms with Crippen molar-refractivity contribution in [1.29, 1.82) is 0 Å². The van der Waals surface area contributed by atoms with Crippen LogP contribution in [0.5, 0.6) is 5.75 Å². The van der Waals surface area contributed by atoms with Crippen molar-refractivity contribution in [3.8, 4) is 5.75 Å². The van der Waals surface area contributed by atoms with Gasteiger partial charge in [-0.2, -0.15) is 0 Å². The lowest BCUT2D eigenvalue weighted by Gasteiger charge is -2.29. The molecule has 194 valence electrons. The number of carbonyl (C=O) groups excluding carboxylic acids is 3. The van der Waals surface area contributed by atoms with E-state index in [-0.39, 0.29) is 42.5 Å². The molecule has 0 aromatic heterocycles. The first-order valence-electron chi connectivity index (χ1n) is 11.2. The minimum atomic E-state index is -3.58. The number of hydrogen-bond donors (Lipinski definition) is 4. The van der Waals surface area contributed by atoms with Crippen molar-refractivity contribution in [2.45, 2.75) is 32.6 Å². The summed E-state index contributed by atoms with van der Waals surface area (Å²) in [5, 5.41) is 15.9. The Balaban J connectivity index is 1.86. The van der Waals surface area contributed by atoms with E-state index in [4.69, 9.17) is 4.74 Å². The zero-order valence-corrected chi connectivity index (χ0v) is 21.4. The van der Waals surface area contributed by atoms with E-state index in [2.05, 4.69) is 15.4 Å². The lowest BCUT2D eigenvalue weighted by atomic mass is 9.84. The summed E-state index contributed by atoms with van der Waals surface area (Å²) in [4.78, 5) is 38.4. The molecule has 11 nitrogen and oxygen atoms in total. The predicted molar refractivity (Wildman–Crippen MR) is 136 cm³/mol. The van der Waals surface area contributed by atoms with Gasteiger partial charge in [-0.15, -0.1) is 0 Å². The van der Waals surface area contributed by atoms with Crippen LogP contribution in [0.4, 0.5) is 21.9 Å². The first-order chi connectivity index (χ1) is 16.8. The zero-order valence-electron chi connectivity index (χ0n) is 20.5. The molecule has 12 heteroatoms. The average molecular weight is 519 g/mol. The Kier molecular flexibility index (Phi) is 7.89. The molecule has 2 aromatic rings. The summed E-state index contributed by atoms with van der Waals surface area (Å²) in [6.07, 6.45) is 0.112. The number of amides is 4. The van der Waals surface area contributed by atoms with Crippen LogP contribution in [0.2, 0.25) is 0 Å². The summed E-state index contributed by atoms with van der Waals surface area (Å²) in [5.74, 6) is -1.42. The van der Waals surface area contributed by atoms with E-state index in [0.29, 0.717) is 22.6 Å². The Morgan fingerprint density at radius 1 is 1.14 bits per heavy atom. The van der Waals surface area contributed by atoms with Gasteiger partial charge in [-0.1, -0.05) is 20.8 Å². The van der Waals surface area contributed by atoms with Crippen LogP contribution >= 0.6 is 0 Å². The molecule has 0 spiro atoms. The van der Waals surface area contributed by atoms with Gasteiger partial charge < -0.3 is 15.2 Å². The maximum absolute atomic E-state index is 13.1. The van der Waals surface area contributed by atoms with E-state index in [1.54, 1.807) is 6.07 Å². The van der Waals surface area contributed by atoms with Gasteiger partial charge in [-0.25, -0.2) is 13.2 Å². The molecule has 1 aliphatic heterocycles. The van der Waals surface area contributed by atoms with Crippen molar-refractivity contribution in [1.82, 2.24) is 5.32 Å². The molecule has 1 aliphatic rings. The number of urea groups is 1. The molecule has 36 heavy (non-hydrogen) atoms. The van der Waals surface area contributed by atoms with Crippen LogP contribution < -0.4 is 20.3 Å². The van der Waals surface area contributed by atoms with Crippen LogP contribution in [0.15, 0.2) is 36.4 Å². The van der Waals surface area contributed by atoms with Crippen LogP contribution in [0.3, 0.4) is 0 Å². The third-order valence-corrected chi connectivity index (χ3v) is 6.74. The number of benzene rings is 2. The number of aromatic hydroxyl groups is 1. The Hall–Kier alpha value is -3.64. The topological polar surface area (TPSA) is 154 Å². The predicted octanol–water partition coefficient (Wildman–Crippen LogP) is 2.78. The van der Waals surface area contributed by atoms with Crippen LogP contribution in [-0.2, 0) is 25.0 Å². The number of rotatable bonds is 8. The standard InChI is InChI=1S/C24H30N4O7S/c1-24(2,3)19-14-17(28-10-9-20(29)26-23(28)32)13-18(21(19)30)22(31)25-15-5-7-16(8-6-15)27-36(33,34)12-11-35-4/h5-8,13-14,27,30H,9-12H2,1-4H3,(H,25,31)(H,26,29,32). The number of hydrogen-bond acceptors (Lipinski definition) is 7. The van der Waals surface area contributed by atoms with Gasteiger partial charge in [0.1, 0.15) is 5.75 Å². The van der Waals surface area contributed by atoms with Gasteiger partial charge in [0.25, 0.3) is 5.91 Å². The molecule has 0 saturated carbocycles. The highest BCUT2D eigenvalue weighted by molar-refractivity contribution is 7.92. The Morgan fingerprint density at radius 3 is 2.36 bits per heavy atom. The summed E-state index contributed by atoms with van der Waals surface area (Å²) < 4.78 is 31.3. The third-order valence-electron chi connectivity index (χ3n) is 5.49. The van der Waals surface area contributed by atoms with E-state index in [1.807, 2.05) is 20.8 Å². The highest BCUT2D eigenvalue weighted by Crippen LogP contribution is 2.38. The molecule has 1 fully saturated rings. The number of methoxy groups -OCH3 is 1. The van der Waals surface area contributed by atoms with Crippen LogP contribution in [-0.4, -0.2) is 57.4 Å². The van der Waals surface area contributed by atoms with Crippen LogP contribution in [0.25, 0.3) is 0 Å². The van der Waals surface area contributed by atoms with Crippen molar-refractivity contribution >= 4 is 44.9 Å². The summed E-state index contributed by atoms with van der Waals surface area (Å²) in [5.41, 5.74) is 0.896. The maximum atomic E-state index is 13.1. The molecular weight excluding hydrogens is 488 g/mol. The van der Waals surface area contributed by atoms with Gasteiger partial charge in [-0.05, 0) is 41.8 Å². The lowest BCUT2D eigenvalue weighted by Crippen LogP contribution is -2.49. The average Bonchev–Trinajstić information content (AvgIpc) is 2.78. The fourth-order valence-corrected chi connectivity index (χ4v) is 4.56.